The molecule has 0 aliphatic heterocycles. The SMILES string of the molecule is O=c1c2[nH]ccc2nc(SCCCSNC2CC2)n1-c1ccc(OCC(F)(F)F)cc1. The van der Waals surface area contributed by atoms with Gasteiger partial charge in [0.05, 0.1) is 11.2 Å². The zero-order chi connectivity index (χ0) is 21.8. The summed E-state index contributed by atoms with van der Waals surface area (Å²) in [4.78, 5) is 20.6. The number of aromatic amines is 1. The summed E-state index contributed by atoms with van der Waals surface area (Å²) in [6.07, 6.45) is 0.685. The Balaban J connectivity index is 1.50. The van der Waals surface area contributed by atoms with Crippen molar-refractivity contribution in [3.8, 4) is 11.4 Å². The van der Waals surface area contributed by atoms with Crippen molar-refractivity contribution in [2.45, 2.75) is 36.6 Å². The third kappa shape index (κ3) is 5.98. The summed E-state index contributed by atoms with van der Waals surface area (Å²) >= 11 is 3.21. The van der Waals surface area contributed by atoms with Crippen LogP contribution in [-0.2, 0) is 0 Å². The molecule has 0 radical (unpaired) electrons. The van der Waals surface area contributed by atoms with Crippen molar-refractivity contribution in [2.24, 2.45) is 0 Å². The van der Waals surface area contributed by atoms with E-state index in [1.807, 2.05) is 0 Å². The van der Waals surface area contributed by atoms with E-state index in [9.17, 15) is 18.0 Å². The third-order valence-corrected chi connectivity index (χ3v) is 6.51. The van der Waals surface area contributed by atoms with E-state index < -0.39 is 12.8 Å². The second kappa shape index (κ2) is 9.58. The van der Waals surface area contributed by atoms with E-state index in [1.54, 1.807) is 36.3 Å². The van der Waals surface area contributed by atoms with Crippen molar-refractivity contribution < 1.29 is 17.9 Å². The van der Waals surface area contributed by atoms with E-state index in [0.29, 0.717) is 27.9 Å². The number of hydrogen-bond donors (Lipinski definition) is 2. The standard InChI is InChI=1S/C20H21F3N4O2S2/c21-20(22,23)12-29-15-6-4-14(5-7-15)27-18(28)17-16(8-9-24-17)25-19(27)30-10-1-11-31-26-13-2-3-13/h4-9,13,24,26H,1-3,10-12H2. The first-order chi connectivity index (χ1) is 14.9. The maximum atomic E-state index is 13.1. The van der Waals surface area contributed by atoms with Gasteiger partial charge in [0.15, 0.2) is 11.8 Å². The Hall–Kier alpha value is -2.11. The lowest BCUT2D eigenvalue weighted by atomic mass is 10.3. The smallest absolute Gasteiger partial charge is 0.422 e. The van der Waals surface area contributed by atoms with Crippen LogP contribution in [0.3, 0.4) is 0 Å². The van der Waals surface area contributed by atoms with Gasteiger partial charge in [-0.05, 0) is 49.6 Å². The molecular formula is C20H21F3N4O2S2. The van der Waals surface area contributed by atoms with E-state index in [1.165, 1.54) is 41.3 Å². The second-order valence-electron chi connectivity index (χ2n) is 7.11. The largest absolute Gasteiger partial charge is 0.484 e. The van der Waals surface area contributed by atoms with Gasteiger partial charge in [-0.2, -0.15) is 13.2 Å². The highest BCUT2D eigenvalue weighted by atomic mass is 32.2. The molecule has 0 bridgehead atoms. The van der Waals surface area contributed by atoms with Crippen LogP contribution in [0.25, 0.3) is 16.7 Å². The molecule has 0 amide bonds. The van der Waals surface area contributed by atoms with Crippen LogP contribution < -0.4 is 15.0 Å². The molecule has 31 heavy (non-hydrogen) atoms. The molecule has 1 fully saturated rings. The Bertz CT molecular complexity index is 1080. The van der Waals surface area contributed by atoms with E-state index in [0.717, 1.165) is 17.9 Å². The van der Waals surface area contributed by atoms with Crippen molar-refractivity contribution in [1.29, 1.82) is 0 Å². The minimum absolute atomic E-state index is 0.0809. The quantitative estimate of drug-likeness (QED) is 0.196. The molecule has 1 aromatic carbocycles. The number of halogens is 3. The van der Waals surface area contributed by atoms with Gasteiger partial charge < -0.3 is 9.72 Å². The number of nitrogens with one attached hydrogen (secondary N) is 2. The molecule has 1 saturated carbocycles. The molecule has 1 aliphatic carbocycles. The lowest BCUT2D eigenvalue weighted by Crippen LogP contribution is -2.22. The normalized spacial score (nSPS) is 14.3. The highest BCUT2D eigenvalue weighted by molar-refractivity contribution is 7.99. The minimum atomic E-state index is -4.41. The average Bonchev–Trinajstić information content (AvgIpc) is 3.44. The molecule has 6 nitrogen and oxygen atoms in total. The first-order valence-corrected chi connectivity index (χ1v) is 11.8. The summed E-state index contributed by atoms with van der Waals surface area (Å²) < 4.78 is 46.7. The van der Waals surface area contributed by atoms with Crippen LogP contribution in [-0.4, -0.2) is 44.9 Å². The summed E-state index contributed by atoms with van der Waals surface area (Å²) in [7, 11) is 0. The zero-order valence-electron chi connectivity index (χ0n) is 16.4. The summed E-state index contributed by atoms with van der Waals surface area (Å²) in [5, 5.41) is 0.543. The average molecular weight is 471 g/mol. The van der Waals surface area contributed by atoms with Crippen molar-refractivity contribution in [1.82, 2.24) is 19.3 Å². The fraction of sp³-hybridized carbons (Fsp3) is 0.400. The van der Waals surface area contributed by atoms with E-state index >= 15 is 0 Å². The number of aromatic nitrogens is 3. The first kappa shape index (κ1) is 22.1. The molecule has 0 spiro atoms. The van der Waals surface area contributed by atoms with Gasteiger partial charge in [-0.1, -0.05) is 23.7 Å². The highest BCUT2D eigenvalue weighted by Gasteiger charge is 2.28. The molecule has 2 heterocycles. The molecular weight excluding hydrogens is 449 g/mol. The Labute approximate surface area is 185 Å². The van der Waals surface area contributed by atoms with E-state index in [-0.39, 0.29) is 11.3 Å². The number of thioether (sulfide) groups is 1. The van der Waals surface area contributed by atoms with Gasteiger partial charge in [-0.3, -0.25) is 14.1 Å². The Morgan fingerprint density at radius 3 is 2.68 bits per heavy atom. The maximum Gasteiger partial charge on any atom is 0.422 e. The number of H-pyrrole nitrogens is 1. The molecule has 11 heteroatoms. The minimum Gasteiger partial charge on any atom is -0.484 e. The molecule has 0 atom stereocenters. The van der Waals surface area contributed by atoms with Crippen LogP contribution in [0.1, 0.15) is 19.3 Å². The third-order valence-electron chi connectivity index (χ3n) is 4.50. The maximum absolute atomic E-state index is 13.1. The van der Waals surface area contributed by atoms with Gasteiger partial charge in [-0.25, -0.2) is 4.98 Å². The zero-order valence-corrected chi connectivity index (χ0v) is 18.1. The number of fused-ring (bicyclic) bond motifs is 1. The first-order valence-electron chi connectivity index (χ1n) is 9.81. The van der Waals surface area contributed by atoms with Gasteiger partial charge in [0, 0.05) is 23.7 Å². The van der Waals surface area contributed by atoms with Crippen LogP contribution in [0.15, 0.2) is 46.5 Å². The van der Waals surface area contributed by atoms with Crippen LogP contribution in [0, 0.1) is 0 Å². The van der Waals surface area contributed by atoms with Crippen LogP contribution >= 0.6 is 23.7 Å². The molecule has 1 aliphatic rings. The fourth-order valence-corrected chi connectivity index (χ4v) is 4.84. The second-order valence-corrected chi connectivity index (χ2v) is 9.11. The lowest BCUT2D eigenvalue weighted by Gasteiger charge is -2.13. The molecule has 2 N–H and O–H groups in total. The van der Waals surface area contributed by atoms with Gasteiger partial charge in [0.2, 0.25) is 0 Å². The molecule has 0 saturated heterocycles. The van der Waals surface area contributed by atoms with Crippen molar-refractivity contribution in [3.05, 3.63) is 46.9 Å². The number of hydrogen-bond acceptors (Lipinski definition) is 6. The predicted octanol–water partition coefficient (Wildman–Crippen LogP) is 4.54. The van der Waals surface area contributed by atoms with Gasteiger partial charge >= 0.3 is 6.18 Å². The Morgan fingerprint density at radius 1 is 1.19 bits per heavy atom. The van der Waals surface area contributed by atoms with Gasteiger partial charge in [0.25, 0.3) is 5.56 Å². The molecule has 3 aromatic rings. The summed E-state index contributed by atoms with van der Waals surface area (Å²) in [5.41, 5.74) is 1.22. The lowest BCUT2D eigenvalue weighted by molar-refractivity contribution is -0.153. The predicted molar refractivity (Wildman–Crippen MR) is 117 cm³/mol. The number of ether oxygens (including phenoxy) is 1. The summed E-state index contributed by atoms with van der Waals surface area (Å²) in [6, 6.07) is 8.35. The highest BCUT2D eigenvalue weighted by Crippen LogP contribution is 2.25. The van der Waals surface area contributed by atoms with Crippen LogP contribution in [0.2, 0.25) is 0 Å². The molecule has 166 valence electrons. The molecule has 2 aromatic heterocycles. The number of alkyl halides is 3. The van der Waals surface area contributed by atoms with Gasteiger partial charge in [-0.15, -0.1) is 0 Å². The number of nitrogens with zero attached hydrogens (tertiary/aromatic N) is 2. The van der Waals surface area contributed by atoms with E-state index in [4.69, 9.17) is 4.74 Å². The summed E-state index contributed by atoms with van der Waals surface area (Å²) in [5.74, 6) is 1.83. The van der Waals surface area contributed by atoms with Crippen molar-refractivity contribution in [3.63, 3.8) is 0 Å². The van der Waals surface area contributed by atoms with Crippen LogP contribution in [0.4, 0.5) is 13.2 Å². The Kier molecular flexibility index (Phi) is 6.83. The molecule has 4 rings (SSSR count). The topological polar surface area (TPSA) is 71.9 Å². The van der Waals surface area contributed by atoms with E-state index in [2.05, 4.69) is 14.7 Å². The fourth-order valence-electron chi connectivity index (χ4n) is 2.83. The number of benzene rings is 1. The Morgan fingerprint density at radius 2 is 1.97 bits per heavy atom. The van der Waals surface area contributed by atoms with Crippen molar-refractivity contribution >= 4 is 34.7 Å². The van der Waals surface area contributed by atoms with Crippen molar-refractivity contribution in [2.75, 3.05) is 18.1 Å². The van der Waals surface area contributed by atoms with Gasteiger partial charge in [0.1, 0.15) is 11.3 Å². The molecule has 0 unspecified atom stereocenters. The number of rotatable bonds is 10. The summed E-state index contributed by atoms with van der Waals surface area (Å²) in [6.45, 7) is -1.36. The van der Waals surface area contributed by atoms with Crippen LogP contribution in [0.5, 0.6) is 5.75 Å². The monoisotopic (exact) mass is 470 g/mol.